The lowest BCUT2D eigenvalue weighted by Crippen LogP contribution is -2.59. The van der Waals surface area contributed by atoms with Gasteiger partial charge in [0.1, 0.15) is 0 Å². The molecule has 0 unspecified atom stereocenters. The fraction of sp³-hybridized carbons (Fsp3) is 0.524. The van der Waals surface area contributed by atoms with E-state index in [-0.39, 0.29) is 5.56 Å². The van der Waals surface area contributed by atoms with Crippen LogP contribution in [0.2, 0.25) is 5.02 Å². The molecule has 5 rings (SSSR count). The highest BCUT2D eigenvalue weighted by molar-refractivity contribution is 6.30. The molecule has 3 aliphatic heterocycles. The molecule has 0 saturated carbocycles. The van der Waals surface area contributed by atoms with Gasteiger partial charge < -0.3 is 14.5 Å². The summed E-state index contributed by atoms with van der Waals surface area (Å²) in [5, 5.41) is 14.7. The molecule has 148 valence electrons. The lowest BCUT2D eigenvalue weighted by molar-refractivity contribution is 0.0183. The third-order valence-corrected chi connectivity index (χ3v) is 6.82. The van der Waals surface area contributed by atoms with Gasteiger partial charge in [-0.3, -0.25) is 4.90 Å². The maximum absolute atomic E-state index is 12.1. The Balaban J connectivity index is 1.46. The van der Waals surface area contributed by atoms with Crippen LogP contribution in [0.25, 0.3) is 11.3 Å². The molecule has 3 aliphatic rings. The topological polar surface area (TPSA) is 69.8 Å². The molecule has 4 heterocycles. The molecule has 0 radical (unpaired) electrons. The highest BCUT2D eigenvalue weighted by atomic mass is 35.5. The first-order valence-electron chi connectivity index (χ1n) is 10.1. The molecule has 3 fully saturated rings. The Morgan fingerprint density at radius 3 is 2.79 bits per heavy atom. The predicted molar refractivity (Wildman–Crippen MR) is 107 cm³/mol. The van der Waals surface area contributed by atoms with E-state index in [2.05, 4.69) is 15.0 Å². The Hall–Kier alpha value is -2.05. The van der Waals surface area contributed by atoms with E-state index in [1.807, 2.05) is 0 Å². The number of aromatic carboxylic acids is 1. The number of carbonyl (C=O) groups is 1. The highest BCUT2D eigenvalue weighted by Gasteiger charge is 2.43. The van der Waals surface area contributed by atoms with Crippen molar-refractivity contribution in [2.24, 2.45) is 11.8 Å². The van der Waals surface area contributed by atoms with E-state index >= 15 is 0 Å². The van der Waals surface area contributed by atoms with Gasteiger partial charge in [0.05, 0.1) is 0 Å². The molecule has 0 spiro atoms. The molecule has 7 heteroatoms. The Kier molecular flexibility index (Phi) is 4.56. The Labute approximate surface area is 169 Å². The summed E-state index contributed by atoms with van der Waals surface area (Å²) < 4.78 is 5.54. The zero-order valence-electron chi connectivity index (χ0n) is 15.7. The van der Waals surface area contributed by atoms with E-state index < -0.39 is 5.97 Å². The zero-order chi connectivity index (χ0) is 19.3. The number of rotatable bonds is 3. The second-order valence-electron chi connectivity index (χ2n) is 8.35. The van der Waals surface area contributed by atoms with Crippen LogP contribution in [-0.2, 0) is 0 Å². The first kappa shape index (κ1) is 18.0. The van der Waals surface area contributed by atoms with Crippen molar-refractivity contribution in [3.63, 3.8) is 0 Å². The Morgan fingerprint density at radius 2 is 2.00 bits per heavy atom. The average molecular weight is 402 g/mol. The van der Waals surface area contributed by atoms with E-state index in [1.165, 1.54) is 32.2 Å². The molecule has 28 heavy (non-hydrogen) atoms. The first-order chi connectivity index (χ1) is 13.6. The van der Waals surface area contributed by atoms with E-state index in [4.69, 9.17) is 16.1 Å². The first-order valence-corrected chi connectivity index (χ1v) is 10.5. The largest absolute Gasteiger partial charge is 0.477 e. The zero-order valence-corrected chi connectivity index (χ0v) is 16.4. The molecule has 0 amide bonds. The van der Waals surface area contributed by atoms with Crippen LogP contribution in [0.3, 0.4) is 0 Å². The molecular weight excluding hydrogens is 378 g/mol. The molecule has 1 aromatic heterocycles. The standard InChI is InChI=1S/C21H24ClN3O3/c22-16-6-4-14(5-7-16)19-18(21(26)27)20(23-28-19)25-11-13-9-15(12-25)17-3-1-2-8-24(17)10-13/h4-7,13,15,17H,1-3,8-12H2,(H,26,27)/t13-,15-,17+/m1/s1. The smallest absolute Gasteiger partial charge is 0.343 e. The number of fused-ring (bicyclic) bond motifs is 4. The molecule has 2 aromatic rings. The van der Waals surface area contributed by atoms with Gasteiger partial charge in [0.2, 0.25) is 0 Å². The van der Waals surface area contributed by atoms with Crippen molar-refractivity contribution >= 4 is 23.4 Å². The van der Waals surface area contributed by atoms with Crippen molar-refractivity contribution in [3.8, 4) is 11.3 Å². The minimum absolute atomic E-state index is 0.155. The lowest BCUT2D eigenvalue weighted by atomic mass is 9.76. The Morgan fingerprint density at radius 1 is 1.18 bits per heavy atom. The second-order valence-corrected chi connectivity index (χ2v) is 8.78. The van der Waals surface area contributed by atoms with Crippen LogP contribution in [0.5, 0.6) is 0 Å². The lowest BCUT2D eigenvalue weighted by Gasteiger charge is -2.52. The van der Waals surface area contributed by atoms with Crippen LogP contribution in [0.15, 0.2) is 28.8 Å². The summed E-state index contributed by atoms with van der Waals surface area (Å²) in [6.07, 6.45) is 5.09. The van der Waals surface area contributed by atoms with Crippen molar-refractivity contribution < 1.29 is 14.4 Å². The molecule has 3 saturated heterocycles. The van der Waals surface area contributed by atoms with Gasteiger partial charge in [0.15, 0.2) is 17.1 Å². The molecule has 1 aromatic carbocycles. The number of hydrogen-bond acceptors (Lipinski definition) is 5. The van der Waals surface area contributed by atoms with Gasteiger partial charge in [-0.05, 0) is 61.9 Å². The molecule has 3 atom stereocenters. The van der Waals surface area contributed by atoms with Gasteiger partial charge in [-0.1, -0.05) is 23.2 Å². The number of carboxylic acids is 1. The average Bonchev–Trinajstić information content (AvgIpc) is 3.14. The summed E-state index contributed by atoms with van der Waals surface area (Å²) in [7, 11) is 0. The number of nitrogens with zero attached hydrogens (tertiary/aromatic N) is 3. The molecule has 6 nitrogen and oxygen atoms in total. The van der Waals surface area contributed by atoms with Gasteiger partial charge in [-0.15, -0.1) is 0 Å². The van der Waals surface area contributed by atoms with Crippen molar-refractivity contribution in [3.05, 3.63) is 34.9 Å². The summed E-state index contributed by atoms with van der Waals surface area (Å²) in [4.78, 5) is 16.9. The second kappa shape index (κ2) is 7.08. The maximum atomic E-state index is 12.1. The number of benzene rings is 1. The summed E-state index contributed by atoms with van der Waals surface area (Å²) >= 11 is 5.96. The summed E-state index contributed by atoms with van der Waals surface area (Å²) in [5.41, 5.74) is 0.832. The van der Waals surface area contributed by atoms with Crippen LogP contribution in [-0.4, -0.2) is 53.4 Å². The number of hydrogen-bond donors (Lipinski definition) is 1. The summed E-state index contributed by atoms with van der Waals surface area (Å²) in [6, 6.07) is 7.62. The predicted octanol–water partition coefficient (Wildman–Crippen LogP) is 4.00. The third-order valence-electron chi connectivity index (χ3n) is 6.56. The Bertz CT molecular complexity index is 882. The minimum atomic E-state index is -1.00. The summed E-state index contributed by atoms with van der Waals surface area (Å²) in [5.74, 6) is 0.900. The van der Waals surface area contributed by atoms with Gasteiger partial charge in [-0.25, -0.2) is 4.79 Å². The number of aromatic nitrogens is 1. The van der Waals surface area contributed by atoms with Gasteiger partial charge in [0, 0.05) is 36.3 Å². The molecular formula is C21H24ClN3O3. The number of piperidine rings is 3. The molecule has 2 bridgehead atoms. The number of halogens is 1. The SMILES string of the molecule is O=C(O)c1c(N2C[C@@H]3C[C@H](C2)[C@@H]2CCCCN2C3)noc1-c1ccc(Cl)cc1. The summed E-state index contributed by atoms with van der Waals surface area (Å²) in [6.45, 7) is 4.02. The maximum Gasteiger partial charge on any atom is 0.343 e. The number of carboxylic acid groups (broad SMARTS) is 1. The van der Waals surface area contributed by atoms with Crippen molar-refractivity contribution in [2.45, 2.75) is 31.7 Å². The van der Waals surface area contributed by atoms with Crippen LogP contribution in [0.1, 0.15) is 36.0 Å². The van der Waals surface area contributed by atoms with Crippen molar-refractivity contribution in [1.29, 1.82) is 0 Å². The third kappa shape index (κ3) is 3.08. The van der Waals surface area contributed by atoms with Gasteiger partial charge in [0.25, 0.3) is 0 Å². The molecule has 1 N–H and O–H groups in total. The van der Waals surface area contributed by atoms with Crippen LogP contribution in [0.4, 0.5) is 5.82 Å². The van der Waals surface area contributed by atoms with E-state index in [1.54, 1.807) is 24.3 Å². The molecule has 0 aliphatic carbocycles. The normalized spacial score (nSPS) is 27.5. The van der Waals surface area contributed by atoms with Crippen LogP contribution >= 0.6 is 11.6 Å². The van der Waals surface area contributed by atoms with Crippen molar-refractivity contribution in [1.82, 2.24) is 10.1 Å². The minimum Gasteiger partial charge on any atom is -0.477 e. The number of anilines is 1. The monoisotopic (exact) mass is 401 g/mol. The quantitative estimate of drug-likeness (QED) is 0.838. The van der Waals surface area contributed by atoms with E-state index in [0.717, 1.165) is 19.6 Å². The van der Waals surface area contributed by atoms with Gasteiger partial charge in [-0.2, -0.15) is 0 Å². The van der Waals surface area contributed by atoms with E-state index in [9.17, 15) is 9.90 Å². The fourth-order valence-corrected chi connectivity index (χ4v) is 5.55. The van der Waals surface area contributed by atoms with Gasteiger partial charge >= 0.3 is 5.97 Å². The van der Waals surface area contributed by atoms with Crippen molar-refractivity contribution in [2.75, 3.05) is 31.1 Å². The fourth-order valence-electron chi connectivity index (χ4n) is 5.43. The van der Waals surface area contributed by atoms with E-state index in [0.29, 0.717) is 40.0 Å². The van der Waals surface area contributed by atoms with Crippen LogP contribution < -0.4 is 4.90 Å². The highest BCUT2D eigenvalue weighted by Crippen LogP contribution is 2.40. The van der Waals surface area contributed by atoms with Crippen LogP contribution in [0, 0.1) is 11.8 Å².